The molecule has 0 unspecified atom stereocenters. The van der Waals surface area contributed by atoms with Gasteiger partial charge < -0.3 is 9.88 Å². The second-order valence-corrected chi connectivity index (χ2v) is 7.71. The van der Waals surface area contributed by atoms with E-state index >= 15 is 0 Å². The molecule has 4 heteroatoms. The van der Waals surface area contributed by atoms with Crippen molar-refractivity contribution in [1.82, 2.24) is 9.55 Å². The molecule has 144 valence electrons. The monoisotopic (exact) mass is 373 g/mol. The molecular weight excluding hydrogens is 346 g/mol. The highest BCUT2D eigenvalue weighted by Gasteiger charge is 2.16. The molecule has 4 nitrogen and oxygen atoms in total. The Morgan fingerprint density at radius 2 is 1.75 bits per heavy atom. The average molecular weight is 374 g/mol. The van der Waals surface area contributed by atoms with Gasteiger partial charge in [-0.2, -0.15) is 0 Å². The summed E-state index contributed by atoms with van der Waals surface area (Å²) in [4.78, 5) is 16.8. The first-order valence-electron chi connectivity index (χ1n) is 10.2. The van der Waals surface area contributed by atoms with Crippen LogP contribution in [0.4, 0.5) is 5.69 Å². The lowest BCUT2D eigenvalue weighted by atomic mass is 9.84. The Labute approximate surface area is 166 Å². The van der Waals surface area contributed by atoms with Crippen molar-refractivity contribution >= 4 is 11.6 Å². The van der Waals surface area contributed by atoms with E-state index in [0.29, 0.717) is 11.5 Å². The van der Waals surface area contributed by atoms with E-state index in [4.69, 9.17) is 0 Å². The fraction of sp³-hybridized carbons (Fsp3) is 0.333. The van der Waals surface area contributed by atoms with E-state index in [1.54, 1.807) is 0 Å². The fourth-order valence-corrected chi connectivity index (χ4v) is 4.01. The zero-order valence-corrected chi connectivity index (χ0v) is 16.4. The smallest absolute Gasteiger partial charge is 0.255 e. The summed E-state index contributed by atoms with van der Waals surface area (Å²) in [5, 5.41) is 3.00. The summed E-state index contributed by atoms with van der Waals surface area (Å²) in [5.41, 5.74) is 4.07. The van der Waals surface area contributed by atoms with Gasteiger partial charge in [0.15, 0.2) is 0 Å². The highest BCUT2D eigenvalue weighted by Crippen LogP contribution is 2.32. The summed E-state index contributed by atoms with van der Waals surface area (Å²) < 4.78 is 2.10. The van der Waals surface area contributed by atoms with E-state index in [2.05, 4.69) is 27.0 Å². The first kappa shape index (κ1) is 18.5. The van der Waals surface area contributed by atoms with Crippen LogP contribution in [0.3, 0.4) is 0 Å². The first-order chi connectivity index (χ1) is 13.7. The lowest BCUT2D eigenvalue weighted by molar-refractivity contribution is 0.102. The maximum Gasteiger partial charge on any atom is 0.255 e. The minimum absolute atomic E-state index is 0.0617. The highest BCUT2D eigenvalue weighted by molar-refractivity contribution is 6.04. The lowest BCUT2D eigenvalue weighted by Gasteiger charge is -2.22. The minimum Gasteiger partial charge on any atom is -0.331 e. The number of nitrogens with zero attached hydrogens (tertiary/aromatic N) is 2. The van der Waals surface area contributed by atoms with Crippen molar-refractivity contribution in [2.75, 3.05) is 5.32 Å². The molecule has 0 radical (unpaired) electrons. The van der Waals surface area contributed by atoms with Crippen LogP contribution >= 0.6 is 0 Å². The second kappa shape index (κ2) is 8.42. The van der Waals surface area contributed by atoms with Gasteiger partial charge in [0, 0.05) is 30.2 Å². The van der Waals surface area contributed by atoms with Crippen LogP contribution in [0.2, 0.25) is 0 Å². The molecule has 1 amide bonds. The molecule has 0 bridgehead atoms. The number of rotatable bonds is 5. The van der Waals surface area contributed by atoms with Gasteiger partial charge in [-0.15, -0.1) is 0 Å². The van der Waals surface area contributed by atoms with Crippen LogP contribution in [0.25, 0.3) is 0 Å². The Morgan fingerprint density at radius 1 is 1.04 bits per heavy atom. The second-order valence-electron chi connectivity index (χ2n) is 7.71. The number of aromatic nitrogens is 2. The highest BCUT2D eigenvalue weighted by atomic mass is 16.1. The topological polar surface area (TPSA) is 46.9 Å². The summed E-state index contributed by atoms with van der Waals surface area (Å²) in [6.45, 7) is 2.77. The van der Waals surface area contributed by atoms with Crippen LogP contribution < -0.4 is 5.32 Å². The number of carbonyl (C=O) groups is 1. The molecule has 1 fully saturated rings. The summed E-state index contributed by atoms with van der Waals surface area (Å²) >= 11 is 0. The van der Waals surface area contributed by atoms with Crippen molar-refractivity contribution in [3.63, 3.8) is 0 Å². The molecule has 0 aliphatic heterocycles. The zero-order chi connectivity index (χ0) is 19.3. The molecular formula is C24H27N3O. The molecule has 1 heterocycles. The predicted molar refractivity (Wildman–Crippen MR) is 113 cm³/mol. The maximum absolute atomic E-state index is 12.6. The van der Waals surface area contributed by atoms with Crippen molar-refractivity contribution in [2.24, 2.45) is 0 Å². The number of benzene rings is 2. The SMILES string of the molecule is Cc1nccn1Cc1ccc(NC(=O)c2ccc(C3CCCCC3)cc2)cc1. The van der Waals surface area contributed by atoms with Crippen LogP contribution in [0, 0.1) is 6.92 Å². The molecule has 28 heavy (non-hydrogen) atoms. The molecule has 3 aromatic rings. The Hall–Kier alpha value is -2.88. The molecule has 0 atom stereocenters. The van der Waals surface area contributed by atoms with Crippen LogP contribution in [0.1, 0.15) is 65.3 Å². The molecule has 1 aliphatic carbocycles. The van der Waals surface area contributed by atoms with Gasteiger partial charge in [-0.25, -0.2) is 4.98 Å². The quantitative estimate of drug-likeness (QED) is 0.638. The summed E-state index contributed by atoms with van der Waals surface area (Å²) in [6, 6.07) is 16.2. The molecule has 0 saturated heterocycles. The van der Waals surface area contributed by atoms with Crippen molar-refractivity contribution in [3.8, 4) is 0 Å². The molecule has 0 spiro atoms. The number of aryl methyl sites for hydroxylation is 1. The Balaban J connectivity index is 1.37. The lowest BCUT2D eigenvalue weighted by Crippen LogP contribution is -2.12. The van der Waals surface area contributed by atoms with Crippen molar-refractivity contribution in [1.29, 1.82) is 0 Å². The van der Waals surface area contributed by atoms with Crippen LogP contribution in [-0.2, 0) is 6.54 Å². The molecule has 4 rings (SSSR count). The number of amides is 1. The van der Waals surface area contributed by atoms with Gasteiger partial charge >= 0.3 is 0 Å². The molecule has 1 aromatic heterocycles. The van der Waals surface area contributed by atoms with Crippen molar-refractivity contribution < 1.29 is 4.79 Å². The molecule has 2 aromatic carbocycles. The minimum atomic E-state index is -0.0617. The van der Waals surface area contributed by atoms with E-state index < -0.39 is 0 Å². The first-order valence-corrected chi connectivity index (χ1v) is 10.2. The number of carbonyl (C=O) groups excluding carboxylic acids is 1. The molecule has 1 N–H and O–H groups in total. The Morgan fingerprint density at radius 3 is 2.39 bits per heavy atom. The largest absolute Gasteiger partial charge is 0.331 e. The van der Waals surface area contributed by atoms with E-state index in [9.17, 15) is 4.79 Å². The van der Waals surface area contributed by atoms with Crippen molar-refractivity contribution in [3.05, 3.63) is 83.4 Å². The molecule has 1 aliphatic rings. The number of anilines is 1. The zero-order valence-electron chi connectivity index (χ0n) is 16.4. The number of hydrogen-bond acceptors (Lipinski definition) is 2. The van der Waals surface area contributed by atoms with Gasteiger partial charge in [-0.05, 0) is 61.1 Å². The third kappa shape index (κ3) is 4.33. The van der Waals surface area contributed by atoms with E-state index in [1.807, 2.05) is 55.7 Å². The van der Waals surface area contributed by atoms with Crippen LogP contribution in [0.5, 0.6) is 0 Å². The third-order valence-electron chi connectivity index (χ3n) is 5.74. The average Bonchev–Trinajstić information content (AvgIpc) is 3.14. The number of nitrogens with one attached hydrogen (secondary N) is 1. The maximum atomic E-state index is 12.6. The summed E-state index contributed by atoms with van der Waals surface area (Å²) in [6.07, 6.45) is 10.3. The normalized spacial score (nSPS) is 14.8. The summed E-state index contributed by atoms with van der Waals surface area (Å²) in [5.74, 6) is 1.60. The van der Waals surface area contributed by atoms with Gasteiger partial charge in [-0.3, -0.25) is 4.79 Å². The number of hydrogen-bond donors (Lipinski definition) is 1. The van der Waals surface area contributed by atoms with Gasteiger partial charge in [0.2, 0.25) is 0 Å². The number of imidazole rings is 1. The van der Waals surface area contributed by atoms with Gasteiger partial charge in [0.05, 0.1) is 0 Å². The Kier molecular flexibility index (Phi) is 5.56. The van der Waals surface area contributed by atoms with Gasteiger partial charge in [0.25, 0.3) is 5.91 Å². The Bertz CT molecular complexity index is 919. The van der Waals surface area contributed by atoms with E-state index in [0.717, 1.165) is 18.1 Å². The van der Waals surface area contributed by atoms with Crippen LogP contribution in [0.15, 0.2) is 60.9 Å². The van der Waals surface area contributed by atoms with E-state index in [-0.39, 0.29) is 5.91 Å². The molecule has 1 saturated carbocycles. The standard InChI is InChI=1S/C24H27N3O/c1-18-25-15-16-27(18)17-19-7-13-23(14-8-19)26-24(28)22-11-9-21(10-12-22)20-5-3-2-4-6-20/h7-16,20H,2-6,17H2,1H3,(H,26,28). The predicted octanol–water partition coefficient (Wildman–Crippen LogP) is 5.54. The van der Waals surface area contributed by atoms with E-state index in [1.165, 1.54) is 43.2 Å². The third-order valence-corrected chi connectivity index (χ3v) is 5.74. The fourth-order valence-electron chi connectivity index (χ4n) is 4.01. The van der Waals surface area contributed by atoms with Crippen LogP contribution in [-0.4, -0.2) is 15.5 Å². The van der Waals surface area contributed by atoms with Crippen molar-refractivity contribution in [2.45, 2.75) is 51.5 Å². The van der Waals surface area contributed by atoms with Gasteiger partial charge in [-0.1, -0.05) is 43.5 Å². The summed E-state index contributed by atoms with van der Waals surface area (Å²) in [7, 11) is 0. The van der Waals surface area contributed by atoms with Gasteiger partial charge in [0.1, 0.15) is 5.82 Å².